The van der Waals surface area contributed by atoms with Crippen molar-refractivity contribution in [3.8, 4) is 0 Å². The van der Waals surface area contributed by atoms with Gasteiger partial charge in [0.2, 0.25) is 0 Å². The van der Waals surface area contributed by atoms with E-state index in [1.165, 1.54) is 0 Å². The maximum absolute atomic E-state index is 9.34. The molecule has 12 heavy (non-hydrogen) atoms. The molecule has 1 fully saturated rings. The van der Waals surface area contributed by atoms with E-state index < -0.39 is 17.8 Å². The van der Waals surface area contributed by atoms with Crippen LogP contribution in [0, 0.1) is 37.7 Å². The molecular weight excluding hydrogens is 386 g/mol. The van der Waals surface area contributed by atoms with Crippen molar-refractivity contribution in [3.05, 3.63) is 6.61 Å². The van der Waals surface area contributed by atoms with Crippen molar-refractivity contribution >= 4 is 0 Å². The monoisotopic (exact) mass is 399 g/mol. The second-order valence-electron chi connectivity index (χ2n) is 2.77. The molecule has 1 rings (SSSR count). The van der Waals surface area contributed by atoms with Crippen LogP contribution in [-0.2, 0) is 4.74 Å². The Bertz CT molecular complexity index is 137. The average molecular weight is 399 g/mol. The normalized spacial score (nSPS) is 41.0. The van der Waals surface area contributed by atoms with Gasteiger partial charge in [-0.15, -0.1) is 0 Å². The predicted molar refractivity (Wildman–Crippen MR) is 37.5 cm³/mol. The SMILES string of the molecule is CC[C@]1(CO)O[CH-]C(O)C1O.[U]. The second kappa shape index (κ2) is 4.94. The van der Waals surface area contributed by atoms with E-state index in [9.17, 15) is 5.11 Å². The molecule has 0 spiro atoms. The van der Waals surface area contributed by atoms with Gasteiger partial charge in [-0.05, 0) is 12.5 Å². The van der Waals surface area contributed by atoms with Crippen LogP contribution in [-0.4, -0.2) is 39.7 Å². The number of aliphatic hydroxyl groups excluding tert-OH is 3. The van der Waals surface area contributed by atoms with Crippen LogP contribution in [0.2, 0.25) is 0 Å². The molecule has 0 saturated carbocycles. The largest absolute Gasteiger partial charge is 0.541 e. The van der Waals surface area contributed by atoms with Crippen LogP contribution in [0.5, 0.6) is 0 Å². The number of rotatable bonds is 2. The molecule has 2 unspecified atom stereocenters. The average Bonchev–Trinajstić information content (AvgIpc) is 2.32. The fraction of sp³-hybridized carbons (Fsp3) is 0.857. The van der Waals surface area contributed by atoms with Crippen LogP contribution in [0.1, 0.15) is 13.3 Å². The van der Waals surface area contributed by atoms with E-state index in [0.29, 0.717) is 6.42 Å². The Balaban J connectivity index is 0.00000121. The van der Waals surface area contributed by atoms with Crippen molar-refractivity contribution in [1.29, 1.82) is 0 Å². The van der Waals surface area contributed by atoms with E-state index in [-0.39, 0.29) is 37.7 Å². The molecule has 1 aliphatic heterocycles. The summed E-state index contributed by atoms with van der Waals surface area (Å²) >= 11 is 0. The van der Waals surface area contributed by atoms with Gasteiger partial charge in [-0.25, -0.2) is 0 Å². The molecule has 4 nitrogen and oxygen atoms in total. The molecule has 0 aliphatic carbocycles. The third kappa shape index (κ3) is 2.03. The smallest absolute Gasteiger partial charge is 0.0847 e. The van der Waals surface area contributed by atoms with Gasteiger partial charge in [-0.3, -0.25) is 0 Å². The first kappa shape index (κ1) is 12.9. The standard InChI is InChI=1S/C7H13O4.U/c1-2-7(4-8)6(10)5(9)3-11-7;/h3,5-6,8-10H,2,4H2,1H3;/q-1;/t5?,6?,7-;/m1./s1. The summed E-state index contributed by atoms with van der Waals surface area (Å²) in [7, 11) is 0. The van der Waals surface area contributed by atoms with Crippen LogP contribution in [0.25, 0.3) is 0 Å². The molecule has 0 aromatic rings. The van der Waals surface area contributed by atoms with E-state index in [0.717, 1.165) is 6.61 Å². The fourth-order valence-electron chi connectivity index (χ4n) is 1.20. The maximum Gasteiger partial charge on any atom is 0.0847 e. The Kier molecular flexibility index (Phi) is 5.31. The van der Waals surface area contributed by atoms with Gasteiger partial charge in [0, 0.05) is 31.1 Å². The molecule has 0 amide bonds. The van der Waals surface area contributed by atoms with E-state index in [2.05, 4.69) is 0 Å². The summed E-state index contributed by atoms with van der Waals surface area (Å²) in [4.78, 5) is 0. The molecule has 70 valence electrons. The summed E-state index contributed by atoms with van der Waals surface area (Å²) in [5.41, 5.74) is -0.987. The van der Waals surface area contributed by atoms with Gasteiger partial charge in [0.25, 0.3) is 0 Å². The molecule has 0 aromatic heterocycles. The minimum absolute atomic E-state index is 0. The first-order chi connectivity index (χ1) is 5.16. The minimum atomic E-state index is -1.02. The van der Waals surface area contributed by atoms with Crippen molar-refractivity contribution in [1.82, 2.24) is 0 Å². The Labute approximate surface area is 95.3 Å². The van der Waals surface area contributed by atoms with Crippen LogP contribution in [0.4, 0.5) is 0 Å². The van der Waals surface area contributed by atoms with Crippen molar-refractivity contribution in [2.75, 3.05) is 6.61 Å². The molecule has 1 saturated heterocycles. The van der Waals surface area contributed by atoms with Gasteiger partial charge in [0.05, 0.1) is 18.3 Å². The number of hydrogen-bond acceptors (Lipinski definition) is 4. The topological polar surface area (TPSA) is 69.9 Å². The zero-order chi connectivity index (χ0) is 8.48. The Morgan fingerprint density at radius 2 is 2.08 bits per heavy atom. The van der Waals surface area contributed by atoms with Crippen LogP contribution >= 0.6 is 0 Å². The van der Waals surface area contributed by atoms with E-state index in [1.54, 1.807) is 6.92 Å². The second-order valence-corrected chi connectivity index (χ2v) is 2.77. The first-order valence-electron chi connectivity index (χ1n) is 3.64. The quantitative estimate of drug-likeness (QED) is 0.524. The van der Waals surface area contributed by atoms with E-state index in [1.807, 2.05) is 0 Å². The third-order valence-corrected chi connectivity index (χ3v) is 2.17. The van der Waals surface area contributed by atoms with Gasteiger partial charge < -0.3 is 20.1 Å². The van der Waals surface area contributed by atoms with E-state index in [4.69, 9.17) is 14.9 Å². The number of hydrogen-bond donors (Lipinski definition) is 3. The zero-order valence-electron chi connectivity index (χ0n) is 6.90. The number of aliphatic hydroxyl groups is 3. The van der Waals surface area contributed by atoms with E-state index >= 15 is 0 Å². The summed E-state index contributed by atoms with van der Waals surface area (Å²) in [6, 6.07) is 0. The number of ether oxygens (including phenoxy) is 1. The van der Waals surface area contributed by atoms with Crippen LogP contribution in [0.15, 0.2) is 0 Å². The summed E-state index contributed by atoms with van der Waals surface area (Å²) in [6.07, 6.45) is -1.53. The molecule has 3 N–H and O–H groups in total. The summed E-state index contributed by atoms with van der Waals surface area (Å²) in [5, 5.41) is 27.3. The third-order valence-electron chi connectivity index (χ3n) is 2.17. The Morgan fingerprint density at radius 1 is 1.50 bits per heavy atom. The van der Waals surface area contributed by atoms with Gasteiger partial charge >= 0.3 is 0 Å². The molecule has 0 radical (unpaired) electrons. The van der Waals surface area contributed by atoms with Gasteiger partial charge in [0.15, 0.2) is 0 Å². The van der Waals surface area contributed by atoms with Gasteiger partial charge in [-0.2, -0.15) is 6.61 Å². The molecule has 3 atom stereocenters. The predicted octanol–water partition coefficient (Wildman–Crippen LogP) is -0.959. The maximum atomic E-state index is 9.34. The Morgan fingerprint density at radius 3 is 2.25 bits per heavy atom. The minimum Gasteiger partial charge on any atom is -0.541 e. The van der Waals surface area contributed by atoms with Crippen LogP contribution < -0.4 is 0 Å². The van der Waals surface area contributed by atoms with Gasteiger partial charge in [0.1, 0.15) is 0 Å². The summed E-state index contributed by atoms with van der Waals surface area (Å²) < 4.78 is 4.99. The molecule has 1 heterocycles. The van der Waals surface area contributed by atoms with Crippen molar-refractivity contribution in [3.63, 3.8) is 0 Å². The zero-order valence-corrected chi connectivity index (χ0v) is 11.1. The van der Waals surface area contributed by atoms with Crippen LogP contribution in [0.3, 0.4) is 0 Å². The molecule has 1 aliphatic rings. The van der Waals surface area contributed by atoms with Crippen molar-refractivity contribution in [2.24, 2.45) is 0 Å². The van der Waals surface area contributed by atoms with Crippen molar-refractivity contribution < 1.29 is 51.2 Å². The molecule has 0 aromatic carbocycles. The van der Waals surface area contributed by atoms with Crippen molar-refractivity contribution in [2.45, 2.75) is 31.2 Å². The summed E-state index contributed by atoms with van der Waals surface area (Å²) in [5.74, 6) is 0. The summed E-state index contributed by atoms with van der Waals surface area (Å²) in [6.45, 7) is 2.66. The Hall–Kier alpha value is 0.892. The fourth-order valence-corrected chi connectivity index (χ4v) is 1.20. The first-order valence-corrected chi connectivity index (χ1v) is 3.64. The van der Waals surface area contributed by atoms with Gasteiger partial charge in [-0.1, -0.05) is 6.92 Å². The molecule has 5 heteroatoms. The molecular formula is C7H13O4U-. The molecule has 0 bridgehead atoms.